The molecule has 2 N–H and O–H groups in total. The molecule has 0 radical (unpaired) electrons. The number of nitrogens with one attached hydrogen (secondary N) is 2. The Hall–Kier alpha value is -3.02. The molecule has 0 spiro atoms. The maximum Gasteiger partial charge on any atom is 0.243 e. The van der Waals surface area contributed by atoms with Crippen LogP contribution in [0.3, 0.4) is 0 Å². The summed E-state index contributed by atoms with van der Waals surface area (Å²) in [5, 5.41) is 5.97. The standard InChI is InChI=1S/C23H31N3O3/c1-4-5-16-29-21-13-11-19(12-14-21)24-17-22(27)25-20-9-6-18(7-10-20)8-15-23(28)26(2)3/h6-7,9-14,24H,4-5,8,15-17H2,1-3H3,(H,25,27). The van der Waals surface area contributed by atoms with Crippen LogP contribution in [0.4, 0.5) is 11.4 Å². The summed E-state index contributed by atoms with van der Waals surface area (Å²) in [5.74, 6) is 0.818. The van der Waals surface area contributed by atoms with Gasteiger partial charge in [-0.15, -0.1) is 0 Å². The summed E-state index contributed by atoms with van der Waals surface area (Å²) in [6.45, 7) is 3.02. The highest BCUT2D eigenvalue weighted by Gasteiger charge is 2.06. The second-order valence-electron chi connectivity index (χ2n) is 7.11. The molecule has 29 heavy (non-hydrogen) atoms. The van der Waals surface area contributed by atoms with E-state index in [9.17, 15) is 9.59 Å². The number of amides is 2. The topological polar surface area (TPSA) is 70.7 Å². The van der Waals surface area contributed by atoms with E-state index in [4.69, 9.17) is 4.74 Å². The average molecular weight is 398 g/mol. The molecule has 0 heterocycles. The number of nitrogens with zero attached hydrogens (tertiary/aromatic N) is 1. The smallest absolute Gasteiger partial charge is 0.243 e. The zero-order valence-electron chi connectivity index (χ0n) is 17.5. The number of hydrogen-bond acceptors (Lipinski definition) is 4. The van der Waals surface area contributed by atoms with E-state index in [1.54, 1.807) is 19.0 Å². The van der Waals surface area contributed by atoms with Gasteiger partial charge >= 0.3 is 0 Å². The third-order valence-electron chi connectivity index (χ3n) is 4.44. The lowest BCUT2D eigenvalue weighted by atomic mass is 10.1. The van der Waals surface area contributed by atoms with Gasteiger partial charge in [0, 0.05) is 31.9 Å². The fourth-order valence-electron chi connectivity index (χ4n) is 2.62. The summed E-state index contributed by atoms with van der Waals surface area (Å²) in [6, 6.07) is 15.2. The van der Waals surface area contributed by atoms with Gasteiger partial charge in [0.1, 0.15) is 5.75 Å². The molecule has 6 heteroatoms. The van der Waals surface area contributed by atoms with E-state index >= 15 is 0 Å². The lowest BCUT2D eigenvalue weighted by molar-refractivity contribution is -0.128. The minimum atomic E-state index is -0.121. The minimum absolute atomic E-state index is 0.106. The van der Waals surface area contributed by atoms with Crippen LogP contribution in [0.2, 0.25) is 0 Å². The van der Waals surface area contributed by atoms with Crippen molar-refractivity contribution in [1.29, 1.82) is 0 Å². The molecule has 0 aromatic heterocycles. The Morgan fingerprint density at radius 2 is 1.62 bits per heavy atom. The van der Waals surface area contributed by atoms with Gasteiger partial charge in [-0.2, -0.15) is 0 Å². The molecule has 0 fully saturated rings. The Labute approximate surface area is 173 Å². The second kappa shape index (κ2) is 11.7. The lowest BCUT2D eigenvalue weighted by Gasteiger charge is -2.11. The van der Waals surface area contributed by atoms with Crippen LogP contribution in [-0.4, -0.2) is 44.0 Å². The van der Waals surface area contributed by atoms with Gasteiger partial charge in [0.25, 0.3) is 0 Å². The number of rotatable bonds is 11. The molecule has 2 aromatic rings. The van der Waals surface area contributed by atoms with E-state index in [-0.39, 0.29) is 18.4 Å². The van der Waals surface area contributed by atoms with Crippen LogP contribution >= 0.6 is 0 Å². The highest BCUT2D eigenvalue weighted by molar-refractivity contribution is 5.93. The summed E-state index contributed by atoms with van der Waals surface area (Å²) in [6.07, 6.45) is 3.30. The number of aryl methyl sites for hydroxylation is 1. The van der Waals surface area contributed by atoms with Gasteiger partial charge in [0.05, 0.1) is 13.2 Å². The van der Waals surface area contributed by atoms with Crippen molar-refractivity contribution in [2.24, 2.45) is 0 Å². The molecule has 6 nitrogen and oxygen atoms in total. The molecule has 0 bridgehead atoms. The van der Waals surface area contributed by atoms with Crippen molar-refractivity contribution in [3.63, 3.8) is 0 Å². The van der Waals surface area contributed by atoms with Gasteiger partial charge in [-0.05, 0) is 54.8 Å². The lowest BCUT2D eigenvalue weighted by Crippen LogP contribution is -2.22. The summed E-state index contributed by atoms with van der Waals surface area (Å²) >= 11 is 0. The fraction of sp³-hybridized carbons (Fsp3) is 0.391. The van der Waals surface area contributed by atoms with Gasteiger partial charge in [0.2, 0.25) is 11.8 Å². The quantitative estimate of drug-likeness (QED) is 0.564. The van der Waals surface area contributed by atoms with E-state index in [0.717, 1.165) is 42.1 Å². The van der Waals surface area contributed by atoms with E-state index in [0.29, 0.717) is 12.8 Å². The van der Waals surface area contributed by atoms with E-state index in [1.165, 1.54) is 0 Å². The maximum absolute atomic E-state index is 12.2. The predicted octanol–water partition coefficient (Wildman–Crippen LogP) is 3.94. The van der Waals surface area contributed by atoms with Gasteiger partial charge in [-0.1, -0.05) is 25.5 Å². The van der Waals surface area contributed by atoms with Crippen molar-refractivity contribution in [2.45, 2.75) is 32.6 Å². The van der Waals surface area contributed by atoms with Crippen molar-refractivity contribution in [3.05, 3.63) is 54.1 Å². The minimum Gasteiger partial charge on any atom is -0.494 e. The van der Waals surface area contributed by atoms with Crippen LogP contribution in [0, 0.1) is 0 Å². The Kier molecular flexibility index (Phi) is 9.02. The van der Waals surface area contributed by atoms with E-state index in [1.807, 2.05) is 48.5 Å². The monoisotopic (exact) mass is 397 g/mol. The molecular weight excluding hydrogens is 366 g/mol. The molecule has 0 unspecified atom stereocenters. The number of carbonyl (C=O) groups is 2. The SMILES string of the molecule is CCCCOc1ccc(NCC(=O)Nc2ccc(CCC(=O)N(C)C)cc2)cc1. The van der Waals surface area contributed by atoms with Crippen molar-refractivity contribution < 1.29 is 14.3 Å². The molecule has 0 aliphatic rings. The first-order valence-corrected chi connectivity index (χ1v) is 10.0. The Morgan fingerprint density at radius 1 is 0.966 bits per heavy atom. The summed E-state index contributed by atoms with van der Waals surface area (Å²) in [4.78, 5) is 25.4. The van der Waals surface area contributed by atoms with E-state index < -0.39 is 0 Å². The highest BCUT2D eigenvalue weighted by atomic mass is 16.5. The predicted molar refractivity (Wildman–Crippen MR) is 117 cm³/mol. The van der Waals surface area contributed by atoms with Gasteiger partial charge < -0.3 is 20.3 Å². The molecule has 0 aliphatic heterocycles. The highest BCUT2D eigenvalue weighted by Crippen LogP contribution is 2.16. The first-order chi connectivity index (χ1) is 14.0. The van der Waals surface area contributed by atoms with Crippen LogP contribution < -0.4 is 15.4 Å². The first kappa shape index (κ1) is 22.3. The maximum atomic E-state index is 12.2. The average Bonchev–Trinajstić information content (AvgIpc) is 2.72. The van der Waals surface area contributed by atoms with Gasteiger partial charge in [-0.25, -0.2) is 0 Å². The second-order valence-corrected chi connectivity index (χ2v) is 7.11. The van der Waals surface area contributed by atoms with Crippen LogP contribution in [0.1, 0.15) is 31.7 Å². The summed E-state index contributed by atoms with van der Waals surface area (Å²) in [5.41, 5.74) is 2.67. The van der Waals surface area contributed by atoms with Crippen LogP contribution in [0.25, 0.3) is 0 Å². The Bertz CT molecular complexity index is 771. The first-order valence-electron chi connectivity index (χ1n) is 10.0. The number of unbranched alkanes of at least 4 members (excludes halogenated alkanes) is 1. The van der Waals surface area contributed by atoms with Crippen LogP contribution in [0.5, 0.6) is 5.75 Å². The molecule has 0 aliphatic carbocycles. The third kappa shape index (κ3) is 8.25. The van der Waals surface area contributed by atoms with Gasteiger partial charge in [-0.3, -0.25) is 9.59 Å². The number of anilines is 2. The summed E-state index contributed by atoms with van der Waals surface area (Å²) < 4.78 is 5.63. The largest absolute Gasteiger partial charge is 0.494 e. The van der Waals surface area contributed by atoms with E-state index in [2.05, 4.69) is 17.6 Å². The summed E-state index contributed by atoms with van der Waals surface area (Å²) in [7, 11) is 3.51. The molecule has 2 aromatic carbocycles. The van der Waals surface area contributed by atoms with Crippen molar-refractivity contribution >= 4 is 23.2 Å². The molecule has 2 rings (SSSR count). The number of carbonyl (C=O) groups excluding carboxylic acids is 2. The normalized spacial score (nSPS) is 10.3. The van der Waals surface area contributed by atoms with Crippen LogP contribution in [0.15, 0.2) is 48.5 Å². The Morgan fingerprint density at radius 3 is 2.24 bits per heavy atom. The number of benzene rings is 2. The van der Waals surface area contributed by atoms with Crippen molar-refractivity contribution in [3.8, 4) is 5.75 Å². The molecular formula is C23H31N3O3. The van der Waals surface area contributed by atoms with Gasteiger partial charge in [0.15, 0.2) is 0 Å². The molecule has 0 saturated carbocycles. The zero-order chi connectivity index (χ0) is 21.1. The molecule has 0 saturated heterocycles. The van der Waals surface area contributed by atoms with Crippen molar-refractivity contribution in [2.75, 3.05) is 37.9 Å². The van der Waals surface area contributed by atoms with Crippen LogP contribution in [-0.2, 0) is 16.0 Å². The fourth-order valence-corrected chi connectivity index (χ4v) is 2.62. The number of ether oxygens (including phenoxy) is 1. The Balaban J connectivity index is 1.74. The molecule has 156 valence electrons. The zero-order valence-corrected chi connectivity index (χ0v) is 17.5. The molecule has 2 amide bonds. The van der Waals surface area contributed by atoms with Crippen molar-refractivity contribution in [1.82, 2.24) is 4.90 Å². The molecule has 0 atom stereocenters. The number of hydrogen-bond donors (Lipinski definition) is 2. The third-order valence-corrected chi connectivity index (χ3v) is 4.44.